The van der Waals surface area contributed by atoms with Gasteiger partial charge in [0.1, 0.15) is 10.7 Å². The molecule has 1 heterocycles. The van der Waals surface area contributed by atoms with Gasteiger partial charge in [-0.3, -0.25) is 4.79 Å². The summed E-state index contributed by atoms with van der Waals surface area (Å²) >= 11 is 4.84. The van der Waals surface area contributed by atoms with Crippen molar-refractivity contribution in [3.63, 3.8) is 0 Å². The number of carbonyl (C=O) groups excluding carboxylic acids is 1. The molecule has 0 saturated heterocycles. The van der Waals surface area contributed by atoms with Crippen LogP contribution in [0.5, 0.6) is 5.75 Å². The average molecular weight is 291 g/mol. The molecule has 20 heavy (non-hydrogen) atoms. The Labute approximate surface area is 120 Å². The van der Waals surface area contributed by atoms with E-state index in [-0.39, 0.29) is 19.1 Å². The Morgan fingerprint density at radius 1 is 1.35 bits per heavy atom. The zero-order valence-corrected chi connectivity index (χ0v) is 11.4. The van der Waals surface area contributed by atoms with Gasteiger partial charge in [-0.15, -0.1) is 0 Å². The van der Waals surface area contributed by atoms with Crippen LogP contribution in [0, 0.1) is 0 Å². The highest BCUT2D eigenvalue weighted by Gasteiger charge is 2.05. The minimum absolute atomic E-state index is 0.0828. The molecule has 0 bridgehead atoms. The highest BCUT2D eigenvalue weighted by Crippen LogP contribution is 2.11. The van der Waals surface area contributed by atoms with E-state index in [2.05, 4.69) is 10.5 Å². The van der Waals surface area contributed by atoms with Crippen LogP contribution in [0.2, 0.25) is 0 Å². The number of benzene rings is 1. The number of hydrogen-bond donors (Lipinski definition) is 2. The number of nitrogens with one attached hydrogen (secondary N) is 1. The lowest BCUT2D eigenvalue weighted by molar-refractivity contribution is -0.123. The van der Waals surface area contributed by atoms with Crippen molar-refractivity contribution in [2.24, 2.45) is 5.73 Å². The molecule has 0 aliphatic heterocycles. The van der Waals surface area contributed by atoms with Crippen LogP contribution in [0.1, 0.15) is 11.3 Å². The van der Waals surface area contributed by atoms with Crippen LogP contribution < -0.4 is 15.8 Å². The molecule has 0 fully saturated rings. The van der Waals surface area contributed by atoms with Gasteiger partial charge in [-0.05, 0) is 24.3 Å². The molecular formula is C13H13N3O3S. The summed E-state index contributed by atoms with van der Waals surface area (Å²) < 4.78 is 10.2. The molecule has 1 aromatic heterocycles. The first-order chi connectivity index (χ1) is 9.65. The zero-order valence-electron chi connectivity index (χ0n) is 10.5. The minimum atomic E-state index is -0.250. The molecule has 6 nitrogen and oxygen atoms in total. The number of carbonyl (C=O) groups is 1. The molecule has 3 N–H and O–H groups in total. The molecule has 0 unspecified atom stereocenters. The van der Waals surface area contributed by atoms with Crippen LogP contribution in [0.3, 0.4) is 0 Å². The summed E-state index contributed by atoms with van der Waals surface area (Å²) in [6, 6.07) is 8.57. The second-order valence-corrected chi connectivity index (χ2v) is 4.37. The Morgan fingerprint density at radius 2 is 2.10 bits per heavy atom. The second-order valence-electron chi connectivity index (χ2n) is 3.93. The fourth-order valence-electron chi connectivity index (χ4n) is 1.43. The smallest absolute Gasteiger partial charge is 0.258 e. The van der Waals surface area contributed by atoms with E-state index in [0.29, 0.717) is 16.5 Å². The van der Waals surface area contributed by atoms with E-state index in [9.17, 15) is 4.79 Å². The van der Waals surface area contributed by atoms with E-state index < -0.39 is 0 Å². The van der Waals surface area contributed by atoms with Gasteiger partial charge in [0.05, 0.1) is 12.7 Å². The normalized spacial score (nSPS) is 10.0. The summed E-state index contributed by atoms with van der Waals surface area (Å²) in [5.74, 6) is 0.902. The fourth-order valence-corrected chi connectivity index (χ4v) is 1.57. The number of aromatic nitrogens is 1. The molecular weight excluding hydrogens is 278 g/mol. The fraction of sp³-hybridized carbons (Fsp3) is 0.154. The van der Waals surface area contributed by atoms with Crippen molar-refractivity contribution in [3.8, 4) is 5.75 Å². The van der Waals surface area contributed by atoms with Gasteiger partial charge in [-0.2, -0.15) is 0 Å². The number of nitrogens with two attached hydrogens (primary N) is 1. The molecule has 0 aliphatic rings. The lowest BCUT2D eigenvalue weighted by atomic mass is 10.2. The summed E-state index contributed by atoms with van der Waals surface area (Å²) in [6.07, 6.45) is 1.52. The maximum Gasteiger partial charge on any atom is 0.258 e. The van der Waals surface area contributed by atoms with Crippen LogP contribution in [0.15, 0.2) is 41.1 Å². The maximum absolute atomic E-state index is 11.5. The van der Waals surface area contributed by atoms with Gasteiger partial charge in [0.15, 0.2) is 12.4 Å². The van der Waals surface area contributed by atoms with Gasteiger partial charge < -0.3 is 20.3 Å². The van der Waals surface area contributed by atoms with Crippen molar-refractivity contribution in [3.05, 3.63) is 47.9 Å². The highest BCUT2D eigenvalue weighted by molar-refractivity contribution is 7.80. The van der Waals surface area contributed by atoms with Gasteiger partial charge in [0.25, 0.3) is 5.91 Å². The number of amides is 1. The van der Waals surface area contributed by atoms with E-state index >= 15 is 0 Å². The average Bonchev–Trinajstić information content (AvgIpc) is 2.96. The maximum atomic E-state index is 11.5. The number of nitrogens with zero attached hydrogens (tertiary/aromatic N) is 1. The predicted molar refractivity (Wildman–Crippen MR) is 76.2 cm³/mol. The topological polar surface area (TPSA) is 90.4 Å². The molecule has 0 atom stereocenters. The van der Waals surface area contributed by atoms with Crippen molar-refractivity contribution < 1.29 is 14.1 Å². The first kappa shape index (κ1) is 14.0. The summed E-state index contributed by atoms with van der Waals surface area (Å²) in [6.45, 7) is 0.198. The third-order valence-electron chi connectivity index (χ3n) is 2.46. The van der Waals surface area contributed by atoms with Gasteiger partial charge in [0.2, 0.25) is 0 Å². The van der Waals surface area contributed by atoms with Crippen molar-refractivity contribution in [1.82, 2.24) is 10.5 Å². The Bertz CT molecular complexity index is 581. The monoisotopic (exact) mass is 291 g/mol. The lowest BCUT2D eigenvalue weighted by Gasteiger charge is -2.07. The second kappa shape index (κ2) is 6.67. The molecule has 0 aliphatic carbocycles. The lowest BCUT2D eigenvalue weighted by Crippen LogP contribution is -2.28. The van der Waals surface area contributed by atoms with E-state index in [1.165, 1.54) is 6.20 Å². The Morgan fingerprint density at radius 3 is 2.70 bits per heavy atom. The molecule has 0 spiro atoms. The Kier molecular flexibility index (Phi) is 4.67. The van der Waals surface area contributed by atoms with Crippen LogP contribution >= 0.6 is 12.2 Å². The van der Waals surface area contributed by atoms with E-state index in [4.69, 9.17) is 27.2 Å². The molecule has 7 heteroatoms. The SMILES string of the molecule is NC(=S)c1ccc(OCC(=O)NCc2ccno2)cc1. The van der Waals surface area contributed by atoms with Gasteiger partial charge in [-0.1, -0.05) is 17.4 Å². The molecule has 104 valence electrons. The van der Waals surface area contributed by atoms with E-state index in [1.54, 1.807) is 30.3 Å². The van der Waals surface area contributed by atoms with Crippen LogP contribution in [0.25, 0.3) is 0 Å². The van der Waals surface area contributed by atoms with Gasteiger partial charge in [0, 0.05) is 11.6 Å². The molecule has 1 amide bonds. The summed E-state index contributed by atoms with van der Waals surface area (Å²) in [5, 5.41) is 6.18. The largest absolute Gasteiger partial charge is 0.484 e. The molecule has 1 aromatic carbocycles. The first-order valence-electron chi connectivity index (χ1n) is 5.84. The van der Waals surface area contributed by atoms with Gasteiger partial charge in [-0.25, -0.2) is 0 Å². The van der Waals surface area contributed by atoms with Crippen LogP contribution in [0.4, 0.5) is 0 Å². The summed E-state index contributed by atoms with van der Waals surface area (Å²) in [4.78, 5) is 11.9. The third-order valence-corrected chi connectivity index (χ3v) is 2.70. The first-order valence-corrected chi connectivity index (χ1v) is 6.25. The quantitative estimate of drug-likeness (QED) is 0.772. The number of hydrogen-bond acceptors (Lipinski definition) is 5. The molecule has 2 aromatic rings. The van der Waals surface area contributed by atoms with Crippen molar-refractivity contribution >= 4 is 23.1 Å². The van der Waals surface area contributed by atoms with Crippen molar-refractivity contribution in [2.75, 3.05) is 6.61 Å². The number of ether oxygens (including phenoxy) is 1. The van der Waals surface area contributed by atoms with Gasteiger partial charge >= 0.3 is 0 Å². The minimum Gasteiger partial charge on any atom is -0.484 e. The molecule has 0 radical (unpaired) electrons. The third kappa shape index (κ3) is 4.06. The number of rotatable bonds is 6. The molecule has 0 saturated carbocycles. The van der Waals surface area contributed by atoms with Crippen LogP contribution in [-0.2, 0) is 11.3 Å². The molecule has 2 rings (SSSR count). The Balaban J connectivity index is 1.76. The predicted octanol–water partition coefficient (Wildman–Crippen LogP) is 1.00. The standard InChI is InChI=1S/C13H13N3O3S/c14-13(20)9-1-3-10(4-2-9)18-8-12(17)15-7-11-5-6-16-19-11/h1-6H,7-8H2,(H2,14,20)(H,15,17). The van der Waals surface area contributed by atoms with Crippen molar-refractivity contribution in [2.45, 2.75) is 6.54 Å². The summed E-state index contributed by atoms with van der Waals surface area (Å²) in [5.41, 5.74) is 6.24. The Hall–Kier alpha value is -2.41. The van der Waals surface area contributed by atoms with Crippen LogP contribution in [-0.4, -0.2) is 22.7 Å². The summed E-state index contributed by atoms with van der Waals surface area (Å²) in [7, 11) is 0. The highest BCUT2D eigenvalue weighted by atomic mass is 32.1. The van der Waals surface area contributed by atoms with Crippen molar-refractivity contribution in [1.29, 1.82) is 0 Å². The zero-order chi connectivity index (χ0) is 14.4. The van der Waals surface area contributed by atoms with E-state index in [0.717, 1.165) is 5.56 Å². The van der Waals surface area contributed by atoms with E-state index in [1.807, 2.05) is 0 Å². The number of thiocarbonyl (C=S) groups is 1.